The van der Waals surface area contributed by atoms with Gasteiger partial charge in [0.15, 0.2) is 12.6 Å². The molecule has 3 heterocycles. The number of carboxylic acid groups (broad SMARTS) is 1. The molecule has 3 fully saturated rings. The number of ether oxygens (including phenoxy) is 6. The smallest absolute Gasteiger partial charge is 0.364 e. The van der Waals surface area contributed by atoms with E-state index in [0.29, 0.717) is 12.8 Å². The van der Waals surface area contributed by atoms with Gasteiger partial charge in [-0.05, 0) is 19.3 Å². The lowest BCUT2D eigenvalue weighted by atomic mass is 9.88. The molecule has 18 unspecified atom stereocenters. The third kappa shape index (κ3) is 31.8. The quantitative estimate of drug-likeness (QED) is 0.0214. The van der Waals surface area contributed by atoms with E-state index in [4.69, 9.17) is 28.4 Å². The van der Waals surface area contributed by atoms with Crippen molar-refractivity contribution in [1.82, 2.24) is 10.6 Å². The fourth-order valence-corrected chi connectivity index (χ4v) is 12.7. The van der Waals surface area contributed by atoms with E-state index in [1.165, 1.54) is 180 Å². The maximum atomic E-state index is 13.5. The maximum absolute atomic E-state index is 13.5. The van der Waals surface area contributed by atoms with Crippen LogP contribution in [0.25, 0.3) is 0 Å². The summed E-state index contributed by atoms with van der Waals surface area (Å²) in [6.45, 7) is 2.16. The first-order chi connectivity index (χ1) is 44.4. The molecule has 0 aromatic rings. The molecule has 0 radical (unpaired) electrons. The number of carbonyl (C=O) groups excluding carboxylic acids is 2. The van der Waals surface area contributed by atoms with E-state index in [2.05, 4.69) is 24.5 Å². The lowest BCUT2D eigenvalue weighted by molar-refractivity contribution is -0.386. The predicted octanol–water partition coefficient (Wildman–Crippen LogP) is 7.07. The minimum atomic E-state index is -3.08. The standard InChI is InChI=1S/C69H128N2O21/c1-4-6-8-10-12-14-16-18-20-22-23-24-25-26-27-29-31-33-35-37-39-41-43-56(79)71-50(51(76)42-40-38-36-34-32-30-28-21-19-17-15-13-11-9-7-5-2)48-87-66-61(83)60(82)63(55(47-74)89-66)90-67-62(84)65(59(81)54(46-73)88-67)92-69(68(85)86)44-52(77)57(70-49(3)75)64(91-69)58(80)53(78)45-72/h40,42,50-55,57-67,72-74,76-78,80-84H,4-39,41,43-48H2,1-3H3,(H,70,75)(H,71,79)(H,85,86)/b42-40+. The number of amides is 2. The minimum Gasteiger partial charge on any atom is -0.477 e. The van der Waals surface area contributed by atoms with Gasteiger partial charge in [-0.3, -0.25) is 9.59 Å². The Morgan fingerprint density at radius 1 is 0.565 bits per heavy atom. The van der Waals surface area contributed by atoms with Gasteiger partial charge in [0, 0.05) is 19.8 Å². The van der Waals surface area contributed by atoms with Crippen LogP contribution in [0, 0.1) is 0 Å². The van der Waals surface area contributed by atoms with Gasteiger partial charge in [0.05, 0.1) is 50.7 Å². The van der Waals surface area contributed by atoms with E-state index in [1.807, 2.05) is 6.08 Å². The third-order valence-corrected chi connectivity index (χ3v) is 18.5. The van der Waals surface area contributed by atoms with Crippen LogP contribution < -0.4 is 10.6 Å². The summed E-state index contributed by atoms with van der Waals surface area (Å²) in [5.74, 6) is -6.13. The van der Waals surface area contributed by atoms with E-state index in [0.717, 1.165) is 51.9 Å². The average Bonchev–Trinajstić information content (AvgIpc) is 0.775. The van der Waals surface area contributed by atoms with Crippen molar-refractivity contribution >= 4 is 17.8 Å². The number of unbranched alkanes of at least 4 members (excludes halogenated alkanes) is 35. The molecular formula is C69H128N2O21. The van der Waals surface area contributed by atoms with Crippen molar-refractivity contribution in [3.05, 3.63) is 12.2 Å². The molecule has 3 rings (SSSR count). The second-order valence-corrected chi connectivity index (χ2v) is 26.5. The molecule has 0 spiro atoms. The summed E-state index contributed by atoms with van der Waals surface area (Å²) >= 11 is 0. The number of allylic oxidation sites excluding steroid dienone is 1. The Labute approximate surface area is 550 Å². The Morgan fingerprint density at radius 2 is 1.01 bits per heavy atom. The molecule has 2 amide bonds. The van der Waals surface area contributed by atoms with Crippen molar-refractivity contribution in [2.75, 3.05) is 26.4 Å². The first kappa shape index (κ1) is 83.7. The number of aliphatic hydroxyl groups excluding tert-OH is 11. The zero-order valence-electron chi connectivity index (χ0n) is 56.4. The number of carboxylic acids is 1. The SMILES string of the molecule is CCCCCCCCCCCCCCCC/C=C/C(O)C(COC1OC(CO)C(OC2OC(CO)C(O)C(OC3(C(=O)O)CC(O)C(NC(C)=O)C(C(O)C(O)CO)O3)C2O)C(O)C1O)NC(=O)CCCCCCCCCCCCCCCCCCCCCCCC. The highest BCUT2D eigenvalue weighted by molar-refractivity contribution is 5.77. The first-order valence-electron chi connectivity index (χ1n) is 36.1. The Morgan fingerprint density at radius 3 is 1.45 bits per heavy atom. The van der Waals surface area contributed by atoms with Gasteiger partial charge in [0.1, 0.15) is 67.1 Å². The zero-order chi connectivity index (χ0) is 67.5. The fraction of sp³-hybridized carbons (Fsp3) is 0.928. The van der Waals surface area contributed by atoms with Gasteiger partial charge in [0.25, 0.3) is 5.79 Å². The van der Waals surface area contributed by atoms with Crippen molar-refractivity contribution in [2.45, 2.75) is 381 Å². The van der Waals surface area contributed by atoms with Gasteiger partial charge < -0.3 is 100 Å². The highest BCUT2D eigenvalue weighted by atomic mass is 16.8. The van der Waals surface area contributed by atoms with Gasteiger partial charge in [-0.2, -0.15) is 0 Å². The lowest BCUT2D eigenvalue weighted by Gasteiger charge is -2.50. The van der Waals surface area contributed by atoms with Crippen molar-refractivity contribution in [1.29, 1.82) is 0 Å². The average molecular weight is 1320 g/mol. The Balaban J connectivity index is 1.58. The van der Waals surface area contributed by atoms with E-state index in [9.17, 15) is 75.7 Å². The summed E-state index contributed by atoms with van der Waals surface area (Å²) in [5.41, 5.74) is 0. The molecule has 92 heavy (non-hydrogen) atoms. The molecule has 3 aliphatic rings. The van der Waals surface area contributed by atoms with Crippen LogP contribution >= 0.6 is 0 Å². The van der Waals surface area contributed by atoms with Crippen LogP contribution in [0.3, 0.4) is 0 Å². The van der Waals surface area contributed by atoms with E-state index in [1.54, 1.807) is 6.08 Å². The van der Waals surface area contributed by atoms with Gasteiger partial charge >= 0.3 is 5.97 Å². The van der Waals surface area contributed by atoms with E-state index >= 15 is 0 Å². The maximum Gasteiger partial charge on any atom is 0.364 e. The van der Waals surface area contributed by atoms with Crippen LogP contribution in [-0.2, 0) is 42.8 Å². The van der Waals surface area contributed by atoms with Crippen LogP contribution in [0.15, 0.2) is 12.2 Å². The van der Waals surface area contributed by atoms with E-state index in [-0.39, 0.29) is 12.3 Å². The van der Waals surface area contributed by atoms with E-state index < -0.39 is 155 Å². The fourth-order valence-electron chi connectivity index (χ4n) is 12.7. The second kappa shape index (κ2) is 49.9. The number of hydrogen-bond donors (Lipinski definition) is 14. The summed E-state index contributed by atoms with van der Waals surface area (Å²) in [5, 5.41) is 136. The zero-order valence-corrected chi connectivity index (χ0v) is 56.4. The van der Waals surface area contributed by atoms with Crippen LogP contribution in [0.4, 0.5) is 0 Å². The monoisotopic (exact) mass is 1320 g/mol. The number of carbonyl (C=O) groups is 3. The Hall–Kier alpha value is -2.53. The van der Waals surface area contributed by atoms with Gasteiger partial charge in [-0.1, -0.05) is 244 Å². The Bertz CT molecular complexity index is 1910. The van der Waals surface area contributed by atoms with Gasteiger partial charge in [0.2, 0.25) is 11.8 Å². The number of hydrogen-bond acceptors (Lipinski definition) is 20. The summed E-state index contributed by atoms with van der Waals surface area (Å²) in [6, 6.07) is -2.61. The summed E-state index contributed by atoms with van der Waals surface area (Å²) in [4.78, 5) is 38.6. The largest absolute Gasteiger partial charge is 0.477 e. The topological polar surface area (TPSA) is 373 Å². The molecule has 3 saturated heterocycles. The molecule has 540 valence electrons. The van der Waals surface area contributed by atoms with Gasteiger partial charge in [-0.25, -0.2) is 4.79 Å². The van der Waals surface area contributed by atoms with Crippen LogP contribution in [0.1, 0.15) is 271 Å². The van der Waals surface area contributed by atoms with Crippen molar-refractivity contribution in [3.8, 4) is 0 Å². The summed E-state index contributed by atoms with van der Waals surface area (Å²) in [6.07, 6.45) is 19.6. The molecule has 18 atom stereocenters. The molecule has 3 aliphatic heterocycles. The number of aliphatic hydroxyl groups is 11. The van der Waals surface area contributed by atoms with Crippen molar-refractivity contribution < 1.29 is 104 Å². The summed E-state index contributed by atoms with van der Waals surface area (Å²) < 4.78 is 34.8. The molecule has 14 N–H and O–H groups in total. The predicted molar refractivity (Wildman–Crippen MR) is 348 cm³/mol. The molecule has 23 heteroatoms. The molecular weight excluding hydrogens is 1190 g/mol. The lowest BCUT2D eigenvalue weighted by Crippen LogP contribution is -2.70. The molecule has 0 aromatic carbocycles. The highest BCUT2D eigenvalue weighted by Gasteiger charge is 2.60. The van der Waals surface area contributed by atoms with Crippen LogP contribution in [0.5, 0.6) is 0 Å². The van der Waals surface area contributed by atoms with Gasteiger partial charge in [-0.15, -0.1) is 0 Å². The number of nitrogens with one attached hydrogen (secondary N) is 2. The molecule has 23 nitrogen and oxygen atoms in total. The first-order valence-corrected chi connectivity index (χ1v) is 36.1. The minimum absolute atomic E-state index is 0.205. The van der Waals surface area contributed by atoms with Crippen LogP contribution in [0.2, 0.25) is 0 Å². The number of rotatable bonds is 55. The second-order valence-electron chi connectivity index (χ2n) is 26.5. The molecule has 0 aliphatic carbocycles. The van der Waals surface area contributed by atoms with Crippen LogP contribution in [-0.4, -0.2) is 215 Å². The number of aliphatic carboxylic acids is 1. The summed E-state index contributed by atoms with van der Waals surface area (Å²) in [7, 11) is 0. The Kier molecular flexibility index (Phi) is 45.4. The molecule has 0 bridgehead atoms. The molecule has 0 saturated carbocycles. The van der Waals surface area contributed by atoms with Crippen molar-refractivity contribution in [2.24, 2.45) is 0 Å². The molecule has 0 aromatic heterocycles. The normalized spacial score (nSPS) is 28.3. The third-order valence-electron chi connectivity index (χ3n) is 18.5. The highest BCUT2D eigenvalue weighted by Crippen LogP contribution is 2.39. The van der Waals surface area contributed by atoms with Crippen molar-refractivity contribution in [3.63, 3.8) is 0 Å².